The lowest BCUT2D eigenvalue weighted by molar-refractivity contribution is 0.284. The highest BCUT2D eigenvalue weighted by molar-refractivity contribution is 9.09. The lowest BCUT2D eigenvalue weighted by Crippen LogP contribution is -2.24. The van der Waals surface area contributed by atoms with Crippen molar-refractivity contribution in [1.29, 1.82) is 0 Å². The monoisotopic (exact) mass is 292 g/mol. The first-order valence-electron chi connectivity index (χ1n) is 6.12. The topological polar surface area (TPSA) is 0 Å². The van der Waals surface area contributed by atoms with E-state index >= 15 is 0 Å². The molecule has 0 saturated heterocycles. The Kier molecular flexibility index (Phi) is 4.51. The van der Waals surface area contributed by atoms with Gasteiger partial charge < -0.3 is 0 Å². The van der Waals surface area contributed by atoms with E-state index in [4.69, 9.17) is 7.85 Å². The van der Waals surface area contributed by atoms with E-state index in [0.717, 1.165) is 5.56 Å². The van der Waals surface area contributed by atoms with Crippen molar-refractivity contribution in [2.45, 2.75) is 51.2 Å². The van der Waals surface area contributed by atoms with E-state index in [0.29, 0.717) is 5.41 Å². The summed E-state index contributed by atoms with van der Waals surface area (Å²) in [6.07, 6.45) is 1.17. The minimum absolute atomic E-state index is 0.0673. The Labute approximate surface area is 116 Å². The molecule has 0 amide bonds. The Morgan fingerprint density at radius 1 is 1.06 bits per heavy atom. The largest absolute Gasteiger partial charge is 0.0946 e. The van der Waals surface area contributed by atoms with Gasteiger partial charge in [0.2, 0.25) is 0 Å². The highest BCUT2D eigenvalue weighted by Crippen LogP contribution is 2.36. The SMILES string of the molecule is [B]C(Br)c1ccc(C(C)(C)CC(C)(C)C)cc1. The van der Waals surface area contributed by atoms with Crippen LogP contribution in [-0.4, -0.2) is 7.85 Å². The van der Waals surface area contributed by atoms with Gasteiger partial charge in [0.15, 0.2) is 0 Å². The van der Waals surface area contributed by atoms with E-state index in [2.05, 4.69) is 74.8 Å². The van der Waals surface area contributed by atoms with Gasteiger partial charge in [-0.05, 0) is 28.4 Å². The molecule has 0 heterocycles. The van der Waals surface area contributed by atoms with Gasteiger partial charge in [0, 0.05) is 4.73 Å². The Hall–Kier alpha value is -0.235. The lowest BCUT2D eigenvalue weighted by Gasteiger charge is -2.33. The molecular weight excluding hydrogens is 271 g/mol. The molecule has 0 saturated carbocycles. The number of hydrogen-bond donors (Lipinski definition) is 0. The molecule has 1 aromatic rings. The first-order valence-corrected chi connectivity index (χ1v) is 7.03. The van der Waals surface area contributed by atoms with Gasteiger partial charge in [-0.3, -0.25) is 0 Å². The van der Waals surface area contributed by atoms with Crippen molar-refractivity contribution in [3.05, 3.63) is 35.4 Å². The standard InChI is InChI=1S/C15H22BBr/c1-14(2,3)10-15(4,5)12-8-6-11(7-9-12)13(16)17/h6-9,13H,10H2,1-5H3. The zero-order valence-electron chi connectivity index (χ0n) is 11.5. The molecule has 0 nitrogen and oxygen atoms in total. The zero-order valence-corrected chi connectivity index (χ0v) is 13.1. The Morgan fingerprint density at radius 3 is 1.88 bits per heavy atom. The zero-order chi connectivity index (χ0) is 13.3. The second-order valence-electron chi connectivity index (χ2n) is 6.65. The summed E-state index contributed by atoms with van der Waals surface area (Å²) in [5.74, 6) is 0. The molecule has 1 aromatic carbocycles. The van der Waals surface area contributed by atoms with Gasteiger partial charge in [0.1, 0.15) is 0 Å². The summed E-state index contributed by atoms with van der Waals surface area (Å²) in [5, 5.41) is 0. The van der Waals surface area contributed by atoms with Gasteiger partial charge in [-0.2, -0.15) is 0 Å². The molecule has 0 fully saturated rings. The molecule has 2 heteroatoms. The van der Waals surface area contributed by atoms with E-state index in [1.54, 1.807) is 0 Å². The fraction of sp³-hybridized carbons (Fsp3) is 0.600. The summed E-state index contributed by atoms with van der Waals surface area (Å²) in [5.41, 5.74) is 3.05. The van der Waals surface area contributed by atoms with Crippen molar-refractivity contribution in [3.8, 4) is 0 Å². The summed E-state index contributed by atoms with van der Waals surface area (Å²) >= 11 is 3.38. The third-order valence-electron chi connectivity index (χ3n) is 2.98. The van der Waals surface area contributed by atoms with Crippen LogP contribution < -0.4 is 0 Å². The number of hydrogen-bond acceptors (Lipinski definition) is 0. The maximum absolute atomic E-state index is 5.79. The average Bonchev–Trinajstić information content (AvgIpc) is 2.14. The molecule has 1 unspecified atom stereocenters. The Balaban J connectivity index is 2.92. The molecular formula is C15H22BBr. The molecule has 17 heavy (non-hydrogen) atoms. The Morgan fingerprint density at radius 2 is 1.53 bits per heavy atom. The van der Waals surface area contributed by atoms with Gasteiger partial charge in [-0.15, -0.1) is 0 Å². The first kappa shape index (κ1) is 14.8. The van der Waals surface area contributed by atoms with Crippen LogP contribution in [0.3, 0.4) is 0 Å². The number of alkyl halides is 1. The van der Waals surface area contributed by atoms with Crippen molar-refractivity contribution in [2.75, 3.05) is 0 Å². The van der Waals surface area contributed by atoms with Crippen LogP contribution in [-0.2, 0) is 5.41 Å². The minimum Gasteiger partial charge on any atom is -0.0946 e. The molecule has 92 valence electrons. The number of benzene rings is 1. The highest BCUT2D eigenvalue weighted by Gasteiger charge is 2.27. The second-order valence-corrected chi connectivity index (χ2v) is 7.63. The molecule has 2 radical (unpaired) electrons. The van der Waals surface area contributed by atoms with Crippen LogP contribution in [0, 0.1) is 5.41 Å². The molecule has 1 rings (SSSR count). The maximum Gasteiger partial charge on any atom is 0.0919 e. The van der Waals surface area contributed by atoms with Crippen LogP contribution in [0.2, 0.25) is 0 Å². The van der Waals surface area contributed by atoms with Gasteiger partial charge in [0.25, 0.3) is 0 Å². The normalized spacial score (nSPS) is 14.7. The van der Waals surface area contributed by atoms with E-state index in [9.17, 15) is 0 Å². The fourth-order valence-electron chi connectivity index (χ4n) is 2.55. The number of rotatable bonds is 3. The van der Waals surface area contributed by atoms with Crippen molar-refractivity contribution in [1.82, 2.24) is 0 Å². The molecule has 1 atom stereocenters. The van der Waals surface area contributed by atoms with Crippen molar-refractivity contribution in [3.63, 3.8) is 0 Å². The number of halogens is 1. The smallest absolute Gasteiger partial charge is 0.0919 e. The summed E-state index contributed by atoms with van der Waals surface area (Å²) in [7, 11) is 5.79. The van der Waals surface area contributed by atoms with E-state index in [-0.39, 0.29) is 10.1 Å². The lowest BCUT2D eigenvalue weighted by atomic mass is 9.72. The summed E-state index contributed by atoms with van der Waals surface area (Å²) in [6.45, 7) is 11.5. The highest BCUT2D eigenvalue weighted by atomic mass is 79.9. The van der Waals surface area contributed by atoms with E-state index in [1.807, 2.05) is 0 Å². The molecule has 0 N–H and O–H groups in total. The molecule has 0 aliphatic carbocycles. The predicted octanol–water partition coefficient (Wildman–Crippen LogP) is 4.96. The van der Waals surface area contributed by atoms with Crippen LogP contribution in [0.15, 0.2) is 24.3 Å². The second kappa shape index (κ2) is 5.18. The quantitative estimate of drug-likeness (QED) is 0.545. The summed E-state index contributed by atoms with van der Waals surface area (Å²) in [6, 6.07) is 8.61. The predicted molar refractivity (Wildman–Crippen MR) is 81.0 cm³/mol. The van der Waals surface area contributed by atoms with E-state index < -0.39 is 0 Å². The first-order chi connectivity index (χ1) is 7.62. The maximum atomic E-state index is 5.79. The van der Waals surface area contributed by atoms with Gasteiger partial charge in [-0.25, -0.2) is 0 Å². The molecule has 0 spiro atoms. The van der Waals surface area contributed by atoms with Crippen molar-refractivity contribution in [2.24, 2.45) is 5.41 Å². The van der Waals surface area contributed by atoms with Gasteiger partial charge in [0.05, 0.1) is 7.85 Å². The third kappa shape index (κ3) is 4.50. The summed E-state index contributed by atoms with van der Waals surface area (Å²) < 4.78 is -0.0673. The van der Waals surface area contributed by atoms with Crippen LogP contribution in [0.5, 0.6) is 0 Å². The van der Waals surface area contributed by atoms with Crippen LogP contribution in [0.1, 0.15) is 56.9 Å². The van der Waals surface area contributed by atoms with Crippen LogP contribution in [0.25, 0.3) is 0 Å². The molecule has 0 bridgehead atoms. The minimum atomic E-state index is -0.0673. The van der Waals surface area contributed by atoms with Crippen LogP contribution >= 0.6 is 15.9 Å². The average molecular weight is 293 g/mol. The van der Waals surface area contributed by atoms with Gasteiger partial charge in [-0.1, -0.05) is 74.8 Å². The Bertz CT molecular complexity index is 358. The third-order valence-corrected chi connectivity index (χ3v) is 3.51. The van der Waals surface area contributed by atoms with Crippen molar-refractivity contribution < 1.29 is 0 Å². The molecule has 0 aromatic heterocycles. The molecule has 0 aliphatic heterocycles. The molecule has 0 aliphatic rings. The van der Waals surface area contributed by atoms with Crippen molar-refractivity contribution >= 4 is 23.8 Å². The summed E-state index contributed by atoms with van der Waals surface area (Å²) in [4.78, 5) is 0. The van der Waals surface area contributed by atoms with Gasteiger partial charge >= 0.3 is 0 Å². The van der Waals surface area contributed by atoms with E-state index in [1.165, 1.54) is 12.0 Å². The fourth-order valence-corrected chi connectivity index (χ4v) is 2.85. The van der Waals surface area contributed by atoms with Crippen LogP contribution in [0.4, 0.5) is 0 Å².